The minimum atomic E-state index is -0.249. The largest absolute Gasteiger partial charge is 0.376 e. The lowest BCUT2D eigenvalue weighted by Crippen LogP contribution is -2.16. The number of ether oxygens (including phenoxy) is 1. The highest BCUT2D eigenvalue weighted by atomic mass is 32.2. The van der Waals surface area contributed by atoms with Gasteiger partial charge >= 0.3 is 0 Å². The molecular weight excluding hydrogens is 361 g/mol. The van der Waals surface area contributed by atoms with Gasteiger partial charge in [-0.15, -0.1) is 10.2 Å². The second-order valence-corrected chi connectivity index (χ2v) is 7.70. The molecule has 0 radical (unpaired) electrons. The van der Waals surface area contributed by atoms with Crippen molar-refractivity contribution in [1.29, 1.82) is 0 Å². The number of halogens is 1. The van der Waals surface area contributed by atoms with Gasteiger partial charge in [-0.3, -0.25) is 4.57 Å². The van der Waals surface area contributed by atoms with Crippen LogP contribution in [-0.2, 0) is 17.7 Å². The van der Waals surface area contributed by atoms with Crippen molar-refractivity contribution < 1.29 is 9.13 Å². The van der Waals surface area contributed by atoms with Crippen LogP contribution in [0.25, 0.3) is 11.4 Å². The van der Waals surface area contributed by atoms with Crippen LogP contribution >= 0.6 is 11.8 Å². The van der Waals surface area contributed by atoms with Gasteiger partial charge in [-0.1, -0.05) is 42.1 Å². The van der Waals surface area contributed by atoms with E-state index in [1.165, 1.54) is 17.7 Å². The molecule has 1 aliphatic rings. The Hall–Kier alpha value is -2.18. The van der Waals surface area contributed by atoms with Crippen LogP contribution in [-0.4, -0.2) is 33.2 Å². The average molecular weight is 383 g/mol. The van der Waals surface area contributed by atoms with Crippen LogP contribution in [0.5, 0.6) is 0 Å². The number of rotatable bonds is 7. The maximum absolute atomic E-state index is 13.3. The monoisotopic (exact) mass is 383 g/mol. The predicted octanol–water partition coefficient (Wildman–Crippen LogP) is 4.60. The van der Waals surface area contributed by atoms with Crippen molar-refractivity contribution >= 4 is 11.8 Å². The molecule has 0 amide bonds. The fourth-order valence-electron chi connectivity index (χ4n) is 3.27. The molecule has 2 heterocycles. The highest BCUT2D eigenvalue weighted by Gasteiger charge is 2.21. The van der Waals surface area contributed by atoms with Crippen LogP contribution in [0.2, 0.25) is 0 Å². The minimum absolute atomic E-state index is 0.189. The third-order valence-corrected chi connectivity index (χ3v) is 5.66. The highest BCUT2D eigenvalue weighted by Crippen LogP contribution is 2.27. The summed E-state index contributed by atoms with van der Waals surface area (Å²) in [5.41, 5.74) is 2.19. The van der Waals surface area contributed by atoms with E-state index in [2.05, 4.69) is 39.0 Å². The summed E-state index contributed by atoms with van der Waals surface area (Å²) < 4.78 is 21.2. The van der Waals surface area contributed by atoms with Gasteiger partial charge < -0.3 is 4.74 Å². The van der Waals surface area contributed by atoms with Crippen molar-refractivity contribution in [3.63, 3.8) is 0 Å². The molecule has 4 rings (SSSR count). The van der Waals surface area contributed by atoms with E-state index in [0.29, 0.717) is 0 Å². The van der Waals surface area contributed by atoms with Crippen LogP contribution in [0.3, 0.4) is 0 Å². The zero-order valence-electron chi connectivity index (χ0n) is 15.1. The number of aromatic nitrogens is 3. The van der Waals surface area contributed by atoms with Crippen LogP contribution in [0, 0.1) is 5.82 Å². The first-order chi connectivity index (χ1) is 13.3. The lowest BCUT2D eigenvalue weighted by molar-refractivity contribution is 0.0953. The van der Waals surface area contributed by atoms with Crippen LogP contribution in [0.4, 0.5) is 4.39 Å². The summed E-state index contributed by atoms with van der Waals surface area (Å²) in [5.74, 6) is 1.45. The van der Waals surface area contributed by atoms with Crippen molar-refractivity contribution in [1.82, 2.24) is 14.8 Å². The molecule has 1 aliphatic heterocycles. The van der Waals surface area contributed by atoms with Gasteiger partial charge in [0.05, 0.1) is 12.6 Å². The van der Waals surface area contributed by atoms with E-state index >= 15 is 0 Å². The normalized spacial score (nSPS) is 16.7. The van der Waals surface area contributed by atoms with E-state index in [0.717, 1.165) is 54.7 Å². The van der Waals surface area contributed by atoms with Gasteiger partial charge in [0.25, 0.3) is 0 Å². The Labute approximate surface area is 162 Å². The third kappa shape index (κ3) is 4.57. The van der Waals surface area contributed by atoms with Crippen molar-refractivity contribution in [3.8, 4) is 11.4 Å². The molecule has 0 aliphatic carbocycles. The first-order valence-electron chi connectivity index (χ1n) is 9.27. The van der Waals surface area contributed by atoms with Crippen LogP contribution in [0.1, 0.15) is 18.4 Å². The molecule has 0 spiro atoms. The summed E-state index contributed by atoms with van der Waals surface area (Å²) in [7, 11) is 0. The average Bonchev–Trinajstić information content (AvgIpc) is 3.34. The summed E-state index contributed by atoms with van der Waals surface area (Å²) in [6.07, 6.45) is 3.31. The fourth-order valence-corrected chi connectivity index (χ4v) is 4.21. The Morgan fingerprint density at radius 1 is 1.07 bits per heavy atom. The lowest BCUT2D eigenvalue weighted by Gasteiger charge is -2.14. The molecule has 1 fully saturated rings. The standard InChI is InChI=1S/C21H22FN3OS/c22-18-10-8-17(9-11-18)20-23-24-21(25(20)15-19-7-4-13-26-19)27-14-12-16-5-2-1-3-6-16/h1-3,5-6,8-11,19H,4,7,12-15H2. The van der Waals surface area contributed by atoms with E-state index in [1.54, 1.807) is 23.9 Å². The molecule has 0 bridgehead atoms. The van der Waals surface area contributed by atoms with E-state index in [9.17, 15) is 4.39 Å². The Balaban J connectivity index is 1.53. The Kier molecular flexibility index (Phi) is 5.84. The summed E-state index contributed by atoms with van der Waals surface area (Å²) in [6.45, 7) is 1.54. The third-order valence-electron chi connectivity index (χ3n) is 4.69. The van der Waals surface area contributed by atoms with E-state index in [-0.39, 0.29) is 11.9 Å². The highest BCUT2D eigenvalue weighted by molar-refractivity contribution is 7.99. The van der Waals surface area contributed by atoms with Gasteiger partial charge in [0.15, 0.2) is 11.0 Å². The molecule has 0 N–H and O–H groups in total. The fraction of sp³-hybridized carbons (Fsp3) is 0.333. The maximum atomic E-state index is 13.3. The summed E-state index contributed by atoms with van der Waals surface area (Å²) in [6, 6.07) is 16.9. The molecule has 6 heteroatoms. The maximum Gasteiger partial charge on any atom is 0.191 e. The van der Waals surface area contributed by atoms with Crippen LogP contribution in [0.15, 0.2) is 59.8 Å². The molecular formula is C21H22FN3OS. The quantitative estimate of drug-likeness (QED) is 0.559. The number of hydrogen-bond donors (Lipinski definition) is 0. The molecule has 1 aromatic heterocycles. The van der Waals surface area contributed by atoms with E-state index in [1.807, 2.05) is 6.07 Å². The predicted molar refractivity (Wildman–Crippen MR) is 105 cm³/mol. The van der Waals surface area contributed by atoms with Crippen molar-refractivity contribution in [2.24, 2.45) is 0 Å². The zero-order valence-corrected chi connectivity index (χ0v) is 15.9. The van der Waals surface area contributed by atoms with Crippen molar-refractivity contribution in [2.75, 3.05) is 12.4 Å². The Morgan fingerprint density at radius 3 is 2.63 bits per heavy atom. The summed E-state index contributed by atoms with van der Waals surface area (Å²) in [4.78, 5) is 0. The van der Waals surface area contributed by atoms with Crippen molar-refractivity contribution in [2.45, 2.75) is 37.1 Å². The Morgan fingerprint density at radius 2 is 1.89 bits per heavy atom. The zero-order chi connectivity index (χ0) is 18.5. The van der Waals surface area contributed by atoms with E-state index in [4.69, 9.17) is 4.74 Å². The minimum Gasteiger partial charge on any atom is -0.376 e. The van der Waals surface area contributed by atoms with Gasteiger partial charge in [-0.2, -0.15) is 0 Å². The molecule has 140 valence electrons. The van der Waals surface area contributed by atoms with Gasteiger partial charge in [-0.05, 0) is 49.1 Å². The SMILES string of the molecule is Fc1ccc(-c2nnc(SCCc3ccccc3)n2CC2CCCO2)cc1. The van der Waals surface area contributed by atoms with E-state index < -0.39 is 0 Å². The number of aryl methyl sites for hydroxylation is 1. The number of hydrogen-bond acceptors (Lipinski definition) is 4. The number of nitrogens with zero attached hydrogens (tertiary/aromatic N) is 3. The molecule has 0 saturated carbocycles. The topological polar surface area (TPSA) is 39.9 Å². The second kappa shape index (κ2) is 8.67. The van der Waals surface area contributed by atoms with Gasteiger partial charge in [0.2, 0.25) is 0 Å². The molecule has 1 atom stereocenters. The molecule has 1 unspecified atom stereocenters. The van der Waals surface area contributed by atoms with Gasteiger partial charge in [-0.25, -0.2) is 4.39 Å². The lowest BCUT2D eigenvalue weighted by atomic mass is 10.2. The molecule has 2 aromatic carbocycles. The molecule has 3 aromatic rings. The molecule has 4 nitrogen and oxygen atoms in total. The molecule has 27 heavy (non-hydrogen) atoms. The molecule has 1 saturated heterocycles. The summed E-state index contributed by atoms with van der Waals surface area (Å²) in [5, 5.41) is 9.70. The van der Waals surface area contributed by atoms with Gasteiger partial charge in [0.1, 0.15) is 5.82 Å². The van der Waals surface area contributed by atoms with Crippen LogP contribution < -0.4 is 0 Å². The smallest absolute Gasteiger partial charge is 0.191 e. The number of benzene rings is 2. The Bertz CT molecular complexity index is 861. The first kappa shape index (κ1) is 18.2. The number of thioether (sulfide) groups is 1. The van der Waals surface area contributed by atoms with Gasteiger partial charge in [0, 0.05) is 17.9 Å². The summed E-state index contributed by atoms with van der Waals surface area (Å²) >= 11 is 1.70. The first-order valence-corrected chi connectivity index (χ1v) is 10.3. The second-order valence-electron chi connectivity index (χ2n) is 6.64. The van der Waals surface area contributed by atoms with Crippen molar-refractivity contribution in [3.05, 3.63) is 66.0 Å².